The summed E-state index contributed by atoms with van der Waals surface area (Å²) in [5, 5.41) is 0. The molecular weight excluding hydrogens is 232 g/mol. The average Bonchev–Trinajstić information content (AvgIpc) is 2.84. The maximum Gasteiger partial charge on any atom is 0.235 e. The quantitative estimate of drug-likeness (QED) is 0.761. The fourth-order valence-electron chi connectivity index (χ4n) is 4.06. The van der Waals surface area contributed by atoms with Crippen LogP contribution in [0.1, 0.15) is 39.0 Å². The van der Waals surface area contributed by atoms with Gasteiger partial charge in [0.1, 0.15) is 0 Å². The molecule has 2 atom stereocenters. The molecule has 0 spiro atoms. The van der Waals surface area contributed by atoms with Crippen molar-refractivity contribution in [2.45, 2.75) is 45.1 Å². The Morgan fingerprint density at radius 2 is 2.12 bits per heavy atom. The SMILES string of the molecule is CC1CC(C(=O)N2CC3CCC2C3)(C(N)=S)C1. The first kappa shape index (κ1) is 11.5. The summed E-state index contributed by atoms with van der Waals surface area (Å²) in [6, 6.07) is 0.481. The normalized spacial score (nSPS) is 43.6. The Bertz CT molecular complexity index is 376. The van der Waals surface area contributed by atoms with Gasteiger partial charge in [-0.2, -0.15) is 0 Å². The Hall–Kier alpha value is -0.640. The first-order valence-corrected chi connectivity index (χ1v) is 7.05. The molecule has 3 rings (SSSR count). The second-order valence-electron chi connectivity index (χ2n) is 6.25. The molecule has 0 aromatic carbocycles. The lowest BCUT2D eigenvalue weighted by molar-refractivity contribution is -0.145. The van der Waals surface area contributed by atoms with Gasteiger partial charge in [0.05, 0.1) is 10.4 Å². The van der Waals surface area contributed by atoms with Crippen LogP contribution in [0.5, 0.6) is 0 Å². The first-order valence-electron chi connectivity index (χ1n) is 6.64. The van der Waals surface area contributed by atoms with Gasteiger partial charge in [0.25, 0.3) is 0 Å². The largest absolute Gasteiger partial charge is 0.392 e. The van der Waals surface area contributed by atoms with Crippen molar-refractivity contribution in [2.24, 2.45) is 23.0 Å². The van der Waals surface area contributed by atoms with Crippen LogP contribution < -0.4 is 5.73 Å². The standard InChI is InChI=1S/C13H20N2OS/c1-8-5-13(6-8,11(14)17)12(16)15-7-9-2-3-10(15)4-9/h8-10H,2-7H2,1H3,(H2,14,17). The molecule has 2 N–H and O–H groups in total. The van der Waals surface area contributed by atoms with E-state index in [9.17, 15) is 4.79 Å². The molecular formula is C13H20N2OS. The van der Waals surface area contributed by atoms with E-state index in [1.165, 1.54) is 19.3 Å². The van der Waals surface area contributed by atoms with Gasteiger partial charge in [-0.1, -0.05) is 19.1 Å². The molecule has 3 fully saturated rings. The summed E-state index contributed by atoms with van der Waals surface area (Å²) in [7, 11) is 0. The van der Waals surface area contributed by atoms with Crippen LogP contribution >= 0.6 is 12.2 Å². The Morgan fingerprint density at radius 3 is 2.53 bits per heavy atom. The molecule has 1 heterocycles. The lowest BCUT2D eigenvalue weighted by Crippen LogP contribution is -2.58. The summed E-state index contributed by atoms with van der Waals surface area (Å²) in [4.78, 5) is 15.2. The number of rotatable bonds is 2. The smallest absolute Gasteiger partial charge is 0.235 e. The van der Waals surface area contributed by atoms with Crippen molar-refractivity contribution in [1.82, 2.24) is 4.90 Å². The number of thiocarbonyl (C=S) groups is 1. The van der Waals surface area contributed by atoms with Crippen LogP contribution in [-0.2, 0) is 4.79 Å². The highest BCUT2D eigenvalue weighted by Crippen LogP contribution is 2.49. The van der Waals surface area contributed by atoms with Crippen molar-refractivity contribution in [3.05, 3.63) is 0 Å². The predicted molar refractivity (Wildman–Crippen MR) is 70.5 cm³/mol. The Kier molecular flexibility index (Phi) is 2.47. The molecule has 0 aromatic rings. The van der Waals surface area contributed by atoms with Crippen molar-refractivity contribution in [3.8, 4) is 0 Å². The number of likely N-dealkylation sites (tertiary alicyclic amines) is 1. The summed E-state index contributed by atoms with van der Waals surface area (Å²) in [5.74, 6) is 1.56. The number of fused-ring (bicyclic) bond motifs is 2. The molecule has 0 radical (unpaired) electrons. The molecule has 17 heavy (non-hydrogen) atoms. The Labute approximate surface area is 108 Å². The fourth-order valence-corrected chi connectivity index (χ4v) is 4.31. The van der Waals surface area contributed by atoms with E-state index in [4.69, 9.17) is 18.0 Å². The number of hydrogen-bond acceptors (Lipinski definition) is 2. The molecule has 4 heteroatoms. The third-order valence-electron chi connectivity index (χ3n) is 4.94. The van der Waals surface area contributed by atoms with Crippen molar-refractivity contribution in [1.29, 1.82) is 0 Å². The third kappa shape index (κ3) is 1.53. The second kappa shape index (κ2) is 3.67. The summed E-state index contributed by atoms with van der Waals surface area (Å²) in [5.41, 5.74) is 5.36. The summed E-state index contributed by atoms with van der Waals surface area (Å²) < 4.78 is 0. The van der Waals surface area contributed by atoms with Crippen molar-refractivity contribution < 1.29 is 4.79 Å². The van der Waals surface area contributed by atoms with E-state index in [0.717, 1.165) is 25.3 Å². The molecule has 2 saturated carbocycles. The van der Waals surface area contributed by atoms with Gasteiger partial charge in [0, 0.05) is 12.6 Å². The Balaban J connectivity index is 1.79. The minimum atomic E-state index is -0.487. The van der Waals surface area contributed by atoms with E-state index in [1.54, 1.807) is 0 Å². The van der Waals surface area contributed by atoms with Crippen LogP contribution in [0.2, 0.25) is 0 Å². The van der Waals surface area contributed by atoms with E-state index in [2.05, 4.69) is 11.8 Å². The highest BCUT2D eigenvalue weighted by atomic mass is 32.1. The van der Waals surface area contributed by atoms with Crippen LogP contribution in [0.3, 0.4) is 0 Å². The predicted octanol–water partition coefficient (Wildman–Crippen LogP) is 1.70. The van der Waals surface area contributed by atoms with Crippen molar-refractivity contribution >= 4 is 23.1 Å². The highest BCUT2D eigenvalue weighted by molar-refractivity contribution is 7.80. The van der Waals surface area contributed by atoms with Crippen LogP contribution in [0, 0.1) is 17.3 Å². The maximum absolute atomic E-state index is 12.7. The van der Waals surface area contributed by atoms with E-state index in [-0.39, 0.29) is 5.91 Å². The maximum atomic E-state index is 12.7. The zero-order chi connectivity index (χ0) is 12.2. The van der Waals surface area contributed by atoms with E-state index < -0.39 is 5.41 Å². The number of hydrogen-bond donors (Lipinski definition) is 1. The fraction of sp³-hybridized carbons (Fsp3) is 0.846. The van der Waals surface area contributed by atoms with Gasteiger partial charge in [-0.3, -0.25) is 4.79 Å². The molecule has 2 bridgehead atoms. The molecule has 0 aromatic heterocycles. The van der Waals surface area contributed by atoms with Crippen LogP contribution in [0.15, 0.2) is 0 Å². The third-order valence-corrected chi connectivity index (χ3v) is 5.34. The lowest BCUT2D eigenvalue weighted by atomic mass is 9.61. The van der Waals surface area contributed by atoms with Crippen LogP contribution in [-0.4, -0.2) is 28.4 Å². The molecule has 2 aliphatic carbocycles. The van der Waals surface area contributed by atoms with Gasteiger partial charge in [-0.15, -0.1) is 0 Å². The zero-order valence-corrected chi connectivity index (χ0v) is 11.1. The molecule has 3 nitrogen and oxygen atoms in total. The Morgan fingerprint density at radius 1 is 1.41 bits per heavy atom. The summed E-state index contributed by atoms with van der Waals surface area (Å²) in [6.45, 7) is 3.11. The van der Waals surface area contributed by atoms with Gasteiger partial charge < -0.3 is 10.6 Å². The van der Waals surface area contributed by atoms with Crippen molar-refractivity contribution in [2.75, 3.05) is 6.54 Å². The number of carbonyl (C=O) groups is 1. The average molecular weight is 252 g/mol. The number of piperidine rings is 1. The monoisotopic (exact) mass is 252 g/mol. The van der Waals surface area contributed by atoms with E-state index >= 15 is 0 Å². The number of nitrogens with two attached hydrogens (primary N) is 1. The van der Waals surface area contributed by atoms with Crippen molar-refractivity contribution in [3.63, 3.8) is 0 Å². The van der Waals surface area contributed by atoms with E-state index in [1.807, 2.05) is 0 Å². The second-order valence-corrected chi connectivity index (χ2v) is 6.69. The van der Waals surface area contributed by atoms with Gasteiger partial charge in [0.2, 0.25) is 5.91 Å². The number of carbonyl (C=O) groups excluding carboxylic acids is 1. The highest BCUT2D eigenvalue weighted by Gasteiger charge is 2.55. The van der Waals surface area contributed by atoms with Crippen LogP contribution in [0.4, 0.5) is 0 Å². The van der Waals surface area contributed by atoms with Gasteiger partial charge in [0.15, 0.2) is 0 Å². The van der Waals surface area contributed by atoms with Gasteiger partial charge >= 0.3 is 0 Å². The molecule has 1 aliphatic heterocycles. The minimum Gasteiger partial charge on any atom is -0.392 e. The first-order chi connectivity index (χ1) is 8.03. The number of amides is 1. The molecule has 3 aliphatic rings. The zero-order valence-electron chi connectivity index (χ0n) is 10.3. The molecule has 1 amide bonds. The topological polar surface area (TPSA) is 46.3 Å². The molecule has 2 unspecified atom stereocenters. The summed E-state index contributed by atoms with van der Waals surface area (Å²) >= 11 is 5.16. The summed E-state index contributed by atoms with van der Waals surface area (Å²) in [6.07, 6.45) is 5.39. The lowest BCUT2D eigenvalue weighted by Gasteiger charge is -2.47. The van der Waals surface area contributed by atoms with Gasteiger partial charge in [-0.25, -0.2) is 0 Å². The van der Waals surface area contributed by atoms with E-state index in [0.29, 0.717) is 16.9 Å². The van der Waals surface area contributed by atoms with Crippen LogP contribution in [0.25, 0.3) is 0 Å². The number of nitrogens with zero attached hydrogens (tertiary/aromatic N) is 1. The molecule has 94 valence electrons. The minimum absolute atomic E-state index is 0.232. The van der Waals surface area contributed by atoms with Gasteiger partial charge in [-0.05, 0) is 43.9 Å². The molecule has 1 saturated heterocycles.